The van der Waals surface area contributed by atoms with E-state index in [4.69, 9.17) is 0 Å². The van der Waals surface area contributed by atoms with Gasteiger partial charge in [0.2, 0.25) is 0 Å². The number of nitrogens with zero attached hydrogens (tertiary/aromatic N) is 3. The first-order chi connectivity index (χ1) is 36.5. The van der Waals surface area contributed by atoms with Gasteiger partial charge in [-0.3, -0.25) is 0 Å². The molecule has 2 aliphatic heterocycles. The Morgan fingerprint density at radius 3 is 1.42 bits per heavy atom. The molecular weight excluding hydrogens is 894 g/mol. The lowest BCUT2D eigenvalue weighted by molar-refractivity contribution is 0.660. The van der Waals surface area contributed by atoms with Gasteiger partial charge in [-0.2, -0.15) is 0 Å². The topological polar surface area (TPSA) is 9.72 Å². The zero-order chi connectivity index (χ0) is 49.1. The zero-order valence-electron chi connectivity index (χ0n) is 41.3. The summed E-state index contributed by atoms with van der Waals surface area (Å²) in [6.45, 7) is 4.74. The minimum Gasteiger partial charge on any atom is -0.311 e. The molecule has 2 aliphatic carbocycles. The van der Waals surface area contributed by atoms with Gasteiger partial charge in [0.15, 0.2) is 0 Å². The smallest absolute Gasteiger partial charge is 0.252 e. The zero-order valence-corrected chi connectivity index (χ0v) is 41.3. The summed E-state index contributed by atoms with van der Waals surface area (Å²) in [4.78, 5) is 7.52. The Labute approximate surface area is 434 Å². The van der Waals surface area contributed by atoms with Crippen LogP contribution in [0.15, 0.2) is 267 Å². The minimum absolute atomic E-state index is 0.0302. The van der Waals surface area contributed by atoms with E-state index in [0.717, 1.165) is 28.4 Å². The van der Waals surface area contributed by atoms with E-state index < -0.39 is 5.41 Å². The summed E-state index contributed by atoms with van der Waals surface area (Å²) in [6, 6.07) is 99.7. The predicted molar refractivity (Wildman–Crippen MR) is 310 cm³/mol. The molecule has 3 nitrogen and oxygen atoms in total. The molecule has 11 aromatic carbocycles. The first kappa shape index (κ1) is 42.6. The predicted octanol–water partition coefficient (Wildman–Crippen LogP) is 15.9. The summed E-state index contributed by atoms with van der Waals surface area (Å²) >= 11 is 0. The molecule has 348 valence electrons. The Kier molecular flexibility index (Phi) is 9.32. The van der Waals surface area contributed by atoms with Crippen LogP contribution in [0, 0.1) is 0 Å². The summed E-state index contributed by atoms with van der Waals surface area (Å²) in [5.74, 6) is 0. The van der Waals surface area contributed by atoms with Crippen LogP contribution in [0.25, 0.3) is 22.3 Å². The van der Waals surface area contributed by atoms with Gasteiger partial charge in [0.1, 0.15) is 0 Å². The minimum atomic E-state index is -0.528. The summed E-state index contributed by atoms with van der Waals surface area (Å²) in [6.07, 6.45) is 0. The standard InChI is InChI=1S/C70H50BN3/c1-69(2)58-32-17-15-30-54(58)56-41-38-51(44-60(56)69)74-66-37-21-36-65-68(66)71(63-43-40-53(46-67(63)74)72(49-26-11-5-12-27-49)50-28-13-6-14-29-50)62-34-19-20-35-64(62)73(65)52-39-42-57-55-31-16-18-33-59(55)70(61(57)45-52,47-22-7-3-8-23-47)48-24-9-4-10-25-48/h3-46H,1-2H3. The van der Waals surface area contributed by atoms with Gasteiger partial charge in [0, 0.05) is 56.6 Å². The van der Waals surface area contributed by atoms with Crippen molar-refractivity contribution < 1.29 is 0 Å². The number of hydrogen-bond acceptors (Lipinski definition) is 3. The third-order valence-electron chi connectivity index (χ3n) is 16.7. The molecule has 15 rings (SSSR count). The fraction of sp³-hybridized carbons (Fsp3) is 0.0571. The molecule has 74 heavy (non-hydrogen) atoms. The SMILES string of the molecule is CC1(C)c2ccccc2-c2ccc(N3c4cc(N(c5ccccc5)c5ccccc5)ccc4B4c5ccccc5N(c5ccc6c(c5)C(c5ccccc5)(c5ccccc5)c5ccccc5-6)c5cccc3c54)cc21. The van der Waals surface area contributed by atoms with Crippen molar-refractivity contribution in [2.45, 2.75) is 24.7 Å². The Morgan fingerprint density at radius 2 is 0.784 bits per heavy atom. The molecule has 0 saturated heterocycles. The molecule has 11 aromatic rings. The molecule has 0 spiro atoms. The molecule has 0 atom stereocenters. The molecule has 0 radical (unpaired) electrons. The number of fused-ring (bicyclic) bond motifs is 10. The summed E-state index contributed by atoms with van der Waals surface area (Å²) in [5.41, 5.74) is 26.6. The van der Waals surface area contributed by atoms with Crippen LogP contribution in [-0.2, 0) is 10.8 Å². The van der Waals surface area contributed by atoms with Crippen molar-refractivity contribution in [3.8, 4) is 22.3 Å². The van der Waals surface area contributed by atoms with E-state index in [0.29, 0.717) is 0 Å². The van der Waals surface area contributed by atoms with Crippen molar-refractivity contribution in [2.75, 3.05) is 14.7 Å². The number of anilines is 9. The number of hydrogen-bond donors (Lipinski definition) is 0. The van der Waals surface area contributed by atoms with E-state index in [9.17, 15) is 0 Å². The summed E-state index contributed by atoms with van der Waals surface area (Å²) < 4.78 is 0. The van der Waals surface area contributed by atoms with Gasteiger partial charge in [0.25, 0.3) is 6.71 Å². The van der Waals surface area contributed by atoms with Gasteiger partial charge < -0.3 is 14.7 Å². The third kappa shape index (κ3) is 5.97. The van der Waals surface area contributed by atoms with Crippen molar-refractivity contribution in [1.29, 1.82) is 0 Å². The van der Waals surface area contributed by atoms with E-state index in [1.54, 1.807) is 0 Å². The maximum absolute atomic E-state index is 2.57. The molecular formula is C70H50BN3. The van der Waals surface area contributed by atoms with E-state index in [1.807, 2.05) is 0 Å². The second kappa shape index (κ2) is 16.2. The van der Waals surface area contributed by atoms with Crippen LogP contribution in [0.1, 0.15) is 47.2 Å². The van der Waals surface area contributed by atoms with Crippen LogP contribution in [0.4, 0.5) is 51.2 Å². The molecule has 0 amide bonds. The maximum Gasteiger partial charge on any atom is 0.252 e. The van der Waals surface area contributed by atoms with E-state index in [2.05, 4.69) is 295 Å². The van der Waals surface area contributed by atoms with Crippen LogP contribution in [0.5, 0.6) is 0 Å². The van der Waals surface area contributed by atoms with Gasteiger partial charge in [0.05, 0.1) is 5.41 Å². The van der Waals surface area contributed by atoms with Crippen molar-refractivity contribution in [2.24, 2.45) is 0 Å². The molecule has 0 saturated carbocycles. The average molecular weight is 944 g/mol. The lowest BCUT2D eigenvalue weighted by Gasteiger charge is -2.44. The van der Waals surface area contributed by atoms with Gasteiger partial charge in [-0.1, -0.05) is 202 Å². The normalized spacial score (nSPS) is 14.5. The highest BCUT2D eigenvalue weighted by atomic mass is 15.2. The molecule has 0 bridgehead atoms. The number of benzene rings is 11. The fourth-order valence-corrected chi connectivity index (χ4v) is 13.6. The second-order valence-electron chi connectivity index (χ2n) is 20.8. The molecule has 2 heterocycles. The van der Waals surface area contributed by atoms with Gasteiger partial charge in [-0.25, -0.2) is 0 Å². The van der Waals surface area contributed by atoms with E-state index >= 15 is 0 Å². The average Bonchev–Trinajstić information content (AvgIpc) is 3.90. The first-order valence-corrected chi connectivity index (χ1v) is 26.0. The molecule has 4 aliphatic rings. The van der Waals surface area contributed by atoms with Crippen molar-refractivity contribution >= 4 is 74.3 Å². The fourth-order valence-electron chi connectivity index (χ4n) is 13.6. The van der Waals surface area contributed by atoms with Crippen LogP contribution < -0.4 is 31.1 Å². The molecule has 0 aromatic heterocycles. The number of para-hydroxylation sites is 3. The van der Waals surface area contributed by atoms with Gasteiger partial charge >= 0.3 is 0 Å². The molecule has 0 N–H and O–H groups in total. The second-order valence-corrected chi connectivity index (χ2v) is 20.8. The highest BCUT2D eigenvalue weighted by Gasteiger charge is 2.48. The first-order valence-electron chi connectivity index (χ1n) is 26.0. The van der Waals surface area contributed by atoms with E-state index in [1.165, 1.54) is 94.8 Å². The molecule has 0 fully saturated rings. The quantitative estimate of drug-likeness (QED) is 0.147. The lowest BCUT2D eigenvalue weighted by atomic mass is 9.33. The number of rotatable bonds is 7. The largest absolute Gasteiger partial charge is 0.311 e. The highest BCUT2D eigenvalue weighted by Crippen LogP contribution is 2.58. The Hall–Kier alpha value is -9.12. The third-order valence-corrected chi connectivity index (χ3v) is 16.7. The molecule has 4 heteroatoms. The van der Waals surface area contributed by atoms with Gasteiger partial charge in [-0.15, -0.1) is 0 Å². The van der Waals surface area contributed by atoms with Crippen LogP contribution in [0.2, 0.25) is 0 Å². The van der Waals surface area contributed by atoms with Gasteiger partial charge in [-0.05, 0) is 151 Å². The molecule has 0 unspecified atom stereocenters. The lowest BCUT2D eigenvalue weighted by Crippen LogP contribution is -2.61. The van der Waals surface area contributed by atoms with Crippen LogP contribution in [0.3, 0.4) is 0 Å². The monoisotopic (exact) mass is 943 g/mol. The van der Waals surface area contributed by atoms with Crippen molar-refractivity contribution in [3.05, 3.63) is 300 Å². The summed E-state index contributed by atoms with van der Waals surface area (Å²) in [5, 5.41) is 0. The Morgan fingerprint density at radius 1 is 0.324 bits per heavy atom. The van der Waals surface area contributed by atoms with E-state index in [-0.39, 0.29) is 12.1 Å². The highest BCUT2D eigenvalue weighted by molar-refractivity contribution is 7.00. The Bertz CT molecular complexity index is 3940. The Balaban J connectivity index is 0.974. The van der Waals surface area contributed by atoms with Crippen molar-refractivity contribution in [1.82, 2.24) is 0 Å². The van der Waals surface area contributed by atoms with Crippen LogP contribution in [-0.4, -0.2) is 6.71 Å². The maximum atomic E-state index is 2.57. The van der Waals surface area contributed by atoms with Crippen LogP contribution >= 0.6 is 0 Å². The summed E-state index contributed by atoms with van der Waals surface area (Å²) in [7, 11) is 0. The van der Waals surface area contributed by atoms with Crippen molar-refractivity contribution in [3.63, 3.8) is 0 Å².